The maximum absolute atomic E-state index is 9.24. The summed E-state index contributed by atoms with van der Waals surface area (Å²) in [5.74, 6) is 0. The second-order valence-electron chi connectivity index (χ2n) is 4.05. The van der Waals surface area contributed by atoms with E-state index in [-0.39, 0.29) is 5.41 Å². The van der Waals surface area contributed by atoms with Crippen LogP contribution in [-0.4, -0.2) is 0 Å². The number of allylic oxidation sites excluding steroid dienone is 4. The predicted octanol–water partition coefficient (Wildman–Crippen LogP) is 3.35. The highest BCUT2D eigenvalue weighted by atomic mass is 14.4. The van der Waals surface area contributed by atoms with E-state index in [9.17, 15) is 5.26 Å². The molecule has 0 radical (unpaired) electrons. The SMILES string of the molecule is N#CC1(C2=CCCCC2)CC=CC1. The van der Waals surface area contributed by atoms with Gasteiger partial charge in [-0.2, -0.15) is 5.26 Å². The van der Waals surface area contributed by atoms with Crippen LogP contribution in [0.4, 0.5) is 0 Å². The van der Waals surface area contributed by atoms with E-state index < -0.39 is 0 Å². The zero-order valence-corrected chi connectivity index (χ0v) is 7.92. The maximum Gasteiger partial charge on any atom is 0.0851 e. The van der Waals surface area contributed by atoms with Gasteiger partial charge in [0, 0.05) is 0 Å². The smallest absolute Gasteiger partial charge is 0.0851 e. The van der Waals surface area contributed by atoms with Crippen molar-refractivity contribution in [3.63, 3.8) is 0 Å². The van der Waals surface area contributed by atoms with Gasteiger partial charge in [0.25, 0.3) is 0 Å². The van der Waals surface area contributed by atoms with Gasteiger partial charge in [-0.25, -0.2) is 0 Å². The third-order valence-electron chi connectivity index (χ3n) is 3.22. The zero-order chi connectivity index (χ0) is 9.15. The van der Waals surface area contributed by atoms with Gasteiger partial charge >= 0.3 is 0 Å². The molecular weight excluding hydrogens is 158 g/mol. The molecule has 0 unspecified atom stereocenters. The lowest BCUT2D eigenvalue weighted by molar-refractivity contribution is 0.470. The number of nitriles is 1. The van der Waals surface area contributed by atoms with Crippen LogP contribution in [0.2, 0.25) is 0 Å². The molecule has 0 atom stereocenters. The third kappa shape index (κ3) is 1.42. The van der Waals surface area contributed by atoms with Crippen molar-refractivity contribution in [3.05, 3.63) is 23.8 Å². The van der Waals surface area contributed by atoms with Crippen LogP contribution in [0.15, 0.2) is 23.8 Å². The standard InChI is InChI=1S/C12H15N/c13-10-12(8-4-5-9-12)11-6-2-1-3-7-11/h4-6H,1-3,7-9H2. The van der Waals surface area contributed by atoms with Gasteiger partial charge in [0.1, 0.15) is 0 Å². The van der Waals surface area contributed by atoms with Crippen LogP contribution in [0.3, 0.4) is 0 Å². The molecule has 1 nitrogen and oxygen atoms in total. The molecule has 0 aromatic heterocycles. The largest absolute Gasteiger partial charge is 0.197 e. The van der Waals surface area contributed by atoms with Crippen LogP contribution < -0.4 is 0 Å². The Labute approximate surface area is 79.8 Å². The minimum atomic E-state index is -0.138. The minimum Gasteiger partial charge on any atom is -0.197 e. The fourth-order valence-corrected chi connectivity index (χ4v) is 2.35. The molecule has 0 aliphatic heterocycles. The molecule has 1 heteroatoms. The first-order valence-corrected chi connectivity index (χ1v) is 5.13. The van der Waals surface area contributed by atoms with Gasteiger partial charge in [-0.15, -0.1) is 0 Å². The molecule has 0 aromatic rings. The van der Waals surface area contributed by atoms with E-state index in [4.69, 9.17) is 0 Å². The third-order valence-corrected chi connectivity index (χ3v) is 3.22. The van der Waals surface area contributed by atoms with E-state index in [1.165, 1.54) is 24.8 Å². The Balaban J connectivity index is 2.22. The topological polar surface area (TPSA) is 23.8 Å². The summed E-state index contributed by atoms with van der Waals surface area (Å²) in [6, 6.07) is 2.52. The van der Waals surface area contributed by atoms with Crippen molar-refractivity contribution in [1.82, 2.24) is 0 Å². The molecule has 2 aliphatic rings. The molecule has 0 saturated heterocycles. The van der Waals surface area contributed by atoms with E-state index in [1.54, 1.807) is 0 Å². The van der Waals surface area contributed by atoms with Crippen molar-refractivity contribution in [2.75, 3.05) is 0 Å². The number of hydrogen-bond acceptors (Lipinski definition) is 1. The van der Waals surface area contributed by atoms with Crippen molar-refractivity contribution in [2.45, 2.75) is 38.5 Å². The highest BCUT2D eigenvalue weighted by molar-refractivity contribution is 5.30. The summed E-state index contributed by atoms with van der Waals surface area (Å²) in [5.41, 5.74) is 1.27. The molecule has 0 N–H and O–H groups in total. The van der Waals surface area contributed by atoms with Gasteiger partial charge in [-0.3, -0.25) is 0 Å². The van der Waals surface area contributed by atoms with Crippen LogP contribution in [0.5, 0.6) is 0 Å². The molecule has 0 spiro atoms. The normalized spacial score (nSPS) is 25.3. The Kier molecular flexibility index (Phi) is 2.22. The van der Waals surface area contributed by atoms with Crippen LogP contribution in [0, 0.1) is 16.7 Å². The van der Waals surface area contributed by atoms with Crippen molar-refractivity contribution in [1.29, 1.82) is 5.26 Å². The van der Waals surface area contributed by atoms with Crippen molar-refractivity contribution in [2.24, 2.45) is 5.41 Å². The average Bonchev–Trinajstić information content (AvgIpc) is 2.69. The second kappa shape index (κ2) is 3.38. The Morgan fingerprint density at radius 2 is 2.00 bits per heavy atom. The fourth-order valence-electron chi connectivity index (χ4n) is 2.35. The minimum absolute atomic E-state index is 0.138. The lowest BCUT2D eigenvalue weighted by Crippen LogP contribution is -2.18. The summed E-state index contributed by atoms with van der Waals surface area (Å²) in [4.78, 5) is 0. The molecule has 0 fully saturated rings. The van der Waals surface area contributed by atoms with Crippen LogP contribution >= 0.6 is 0 Å². The van der Waals surface area contributed by atoms with Crippen LogP contribution in [0.1, 0.15) is 38.5 Å². The summed E-state index contributed by atoms with van der Waals surface area (Å²) in [6.07, 6.45) is 13.4. The molecular formula is C12H15N. The maximum atomic E-state index is 9.24. The van der Waals surface area contributed by atoms with Gasteiger partial charge < -0.3 is 0 Å². The highest BCUT2D eigenvalue weighted by Gasteiger charge is 2.34. The van der Waals surface area contributed by atoms with Gasteiger partial charge in [0.15, 0.2) is 0 Å². The molecule has 68 valence electrons. The molecule has 0 aromatic carbocycles. The molecule has 13 heavy (non-hydrogen) atoms. The van der Waals surface area contributed by atoms with Gasteiger partial charge in [-0.05, 0) is 38.5 Å². The van der Waals surface area contributed by atoms with Crippen molar-refractivity contribution in [3.8, 4) is 6.07 Å². The van der Waals surface area contributed by atoms with Gasteiger partial charge in [0.2, 0.25) is 0 Å². The first-order chi connectivity index (χ1) is 6.37. The number of nitrogens with zero attached hydrogens (tertiary/aromatic N) is 1. The van der Waals surface area contributed by atoms with Crippen molar-refractivity contribution < 1.29 is 0 Å². The number of hydrogen-bond donors (Lipinski definition) is 0. The monoisotopic (exact) mass is 173 g/mol. The van der Waals surface area contributed by atoms with E-state index in [0.717, 1.165) is 19.3 Å². The quantitative estimate of drug-likeness (QED) is 0.558. The van der Waals surface area contributed by atoms with Crippen molar-refractivity contribution >= 4 is 0 Å². The average molecular weight is 173 g/mol. The Bertz CT molecular complexity index is 283. The Morgan fingerprint density at radius 3 is 2.54 bits per heavy atom. The Hall–Kier alpha value is -1.03. The van der Waals surface area contributed by atoms with Gasteiger partial charge in [0.05, 0.1) is 11.5 Å². The molecule has 0 amide bonds. The Morgan fingerprint density at radius 1 is 1.23 bits per heavy atom. The lowest BCUT2D eigenvalue weighted by atomic mass is 9.75. The summed E-state index contributed by atoms with van der Waals surface area (Å²) >= 11 is 0. The van der Waals surface area contributed by atoms with E-state index in [1.807, 2.05) is 0 Å². The summed E-state index contributed by atoms with van der Waals surface area (Å²) in [6.45, 7) is 0. The lowest BCUT2D eigenvalue weighted by Gasteiger charge is -2.26. The first kappa shape index (κ1) is 8.56. The van der Waals surface area contributed by atoms with Crippen LogP contribution in [0.25, 0.3) is 0 Å². The summed E-state index contributed by atoms with van der Waals surface area (Å²) < 4.78 is 0. The number of rotatable bonds is 1. The van der Waals surface area contributed by atoms with Gasteiger partial charge in [-0.1, -0.05) is 23.8 Å². The molecule has 2 aliphatic carbocycles. The second-order valence-corrected chi connectivity index (χ2v) is 4.05. The fraction of sp³-hybridized carbons (Fsp3) is 0.583. The molecule has 0 saturated carbocycles. The molecule has 0 heterocycles. The van der Waals surface area contributed by atoms with E-state index >= 15 is 0 Å². The van der Waals surface area contributed by atoms with E-state index in [0.29, 0.717) is 0 Å². The highest BCUT2D eigenvalue weighted by Crippen LogP contribution is 2.43. The first-order valence-electron chi connectivity index (χ1n) is 5.13. The zero-order valence-electron chi connectivity index (χ0n) is 7.92. The van der Waals surface area contributed by atoms with Crippen LogP contribution in [-0.2, 0) is 0 Å². The molecule has 0 bridgehead atoms. The van der Waals surface area contributed by atoms with E-state index in [2.05, 4.69) is 24.3 Å². The molecule has 2 rings (SSSR count). The summed E-state index contributed by atoms with van der Waals surface area (Å²) in [5, 5.41) is 9.24. The predicted molar refractivity (Wildman–Crippen MR) is 53.0 cm³/mol. The summed E-state index contributed by atoms with van der Waals surface area (Å²) in [7, 11) is 0.